The lowest BCUT2D eigenvalue weighted by Crippen LogP contribution is -2.26. The molecule has 0 radical (unpaired) electrons. The van der Waals surface area contributed by atoms with Crippen LogP contribution in [-0.4, -0.2) is 34.2 Å². The fourth-order valence-electron chi connectivity index (χ4n) is 1.96. The lowest BCUT2D eigenvalue weighted by Gasteiger charge is -2.16. The van der Waals surface area contributed by atoms with Crippen molar-refractivity contribution in [2.45, 2.75) is 24.3 Å². The Morgan fingerprint density at radius 2 is 2.17 bits per heavy atom. The van der Waals surface area contributed by atoms with E-state index in [1.54, 1.807) is 25.1 Å². The van der Waals surface area contributed by atoms with Crippen molar-refractivity contribution in [1.29, 1.82) is 0 Å². The topological polar surface area (TPSA) is 67.4 Å². The van der Waals surface area contributed by atoms with E-state index in [0.717, 1.165) is 13.0 Å². The molecule has 1 heterocycles. The van der Waals surface area contributed by atoms with Crippen LogP contribution in [0.25, 0.3) is 0 Å². The molecule has 0 aromatic heterocycles. The zero-order valence-electron chi connectivity index (χ0n) is 10.3. The van der Waals surface area contributed by atoms with Gasteiger partial charge in [-0.05, 0) is 18.6 Å². The van der Waals surface area contributed by atoms with Gasteiger partial charge in [-0.25, -0.2) is 13.1 Å². The van der Waals surface area contributed by atoms with Crippen LogP contribution in [0.2, 0.25) is 0 Å². The fraction of sp³-hybridized carbons (Fsp3) is 0.500. The van der Waals surface area contributed by atoms with Gasteiger partial charge in [-0.1, -0.05) is 19.1 Å². The van der Waals surface area contributed by atoms with Gasteiger partial charge >= 0.3 is 0 Å². The average Bonchev–Trinajstić information content (AvgIpc) is 2.82. The third-order valence-corrected chi connectivity index (χ3v) is 4.40. The van der Waals surface area contributed by atoms with Crippen LogP contribution in [0.15, 0.2) is 29.2 Å². The molecule has 2 rings (SSSR count). The molecule has 0 bridgehead atoms. The average molecular weight is 270 g/mol. The van der Waals surface area contributed by atoms with Gasteiger partial charge in [0, 0.05) is 13.2 Å². The predicted octanol–water partition coefficient (Wildman–Crippen LogP) is 1.19. The van der Waals surface area contributed by atoms with E-state index in [2.05, 4.69) is 10.0 Å². The van der Waals surface area contributed by atoms with E-state index in [-0.39, 0.29) is 6.04 Å². The van der Waals surface area contributed by atoms with Gasteiger partial charge in [-0.2, -0.15) is 0 Å². The highest BCUT2D eigenvalue weighted by atomic mass is 32.2. The molecule has 1 aliphatic heterocycles. The Morgan fingerprint density at radius 1 is 1.39 bits per heavy atom. The molecular weight excluding hydrogens is 252 g/mol. The van der Waals surface area contributed by atoms with Gasteiger partial charge in [0.2, 0.25) is 10.0 Å². The molecule has 1 aromatic carbocycles. The number of anilines is 1. The summed E-state index contributed by atoms with van der Waals surface area (Å²) in [5, 5.41) is 3.23. The molecule has 6 heteroatoms. The van der Waals surface area contributed by atoms with E-state index >= 15 is 0 Å². The first-order valence-electron chi connectivity index (χ1n) is 6.06. The molecule has 0 saturated carbocycles. The lowest BCUT2D eigenvalue weighted by atomic mass is 10.2. The normalized spacial score (nSPS) is 19.9. The number of para-hydroxylation sites is 1. The molecule has 18 heavy (non-hydrogen) atoms. The monoisotopic (exact) mass is 270 g/mol. The molecule has 1 unspecified atom stereocenters. The van der Waals surface area contributed by atoms with E-state index in [1.165, 1.54) is 0 Å². The Morgan fingerprint density at radius 3 is 2.83 bits per heavy atom. The Balaban J connectivity index is 2.24. The number of benzene rings is 1. The van der Waals surface area contributed by atoms with Crippen molar-refractivity contribution in [2.24, 2.45) is 0 Å². The lowest BCUT2D eigenvalue weighted by molar-refractivity contribution is 0.195. The Bertz CT molecular complexity index is 496. The number of hydrogen-bond donors (Lipinski definition) is 2. The van der Waals surface area contributed by atoms with Crippen molar-refractivity contribution in [3.05, 3.63) is 24.3 Å². The van der Waals surface area contributed by atoms with Crippen LogP contribution in [0.3, 0.4) is 0 Å². The quantitative estimate of drug-likeness (QED) is 0.843. The maximum atomic E-state index is 12.0. The van der Waals surface area contributed by atoms with Gasteiger partial charge in [-0.3, -0.25) is 0 Å². The second-order valence-electron chi connectivity index (χ2n) is 4.20. The second kappa shape index (κ2) is 5.69. The van der Waals surface area contributed by atoms with Gasteiger partial charge in [0.1, 0.15) is 4.90 Å². The minimum absolute atomic E-state index is 0.183. The maximum Gasteiger partial charge on any atom is 0.242 e. The predicted molar refractivity (Wildman–Crippen MR) is 70.2 cm³/mol. The molecule has 1 aromatic rings. The zero-order chi connectivity index (χ0) is 13.0. The summed E-state index contributed by atoms with van der Waals surface area (Å²) >= 11 is 0. The number of rotatable bonds is 5. The highest BCUT2D eigenvalue weighted by Crippen LogP contribution is 2.22. The highest BCUT2D eigenvalue weighted by molar-refractivity contribution is 7.89. The van der Waals surface area contributed by atoms with Crippen LogP contribution >= 0.6 is 0 Å². The summed E-state index contributed by atoms with van der Waals surface area (Å²) < 4.78 is 31.9. The van der Waals surface area contributed by atoms with E-state index < -0.39 is 10.0 Å². The van der Waals surface area contributed by atoms with Gasteiger partial charge < -0.3 is 10.1 Å². The first kappa shape index (κ1) is 13.3. The summed E-state index contributed by atoms with van der Waals surface area (Å²) in [4.78, 5) is 0.291. The number of nitrogens with one attached hydrogen (secondary N) is 2. The van der Waals surface area contributed by atoms with Crippen molar-refractivity contribution in [3.63, 3.8) is 0 Å². The summed E-state index contributed by atoms with van der Waals surface area (Å²) in [5.74, 6) is 0. The summed E-state index contributed by atoms with van der Waals surface area (Å²) in [6.07, 6.45) is 0.898. The van der Waals surface area contributed by atoms with Crippen LogP contribution in [0.5, 0.6) is 0 Å². The molecule has 5 nitrogen and oxygen atoms in total. The molecule has 1 fully saturated rings. The molecule has 1 atom stereocenters. The fourth-order valence-corrected chi connectivity index (χ4v) is 3.17. The molecular formula is C12H18N2O3S. The molecule has 0 aliphatic carbocycles. The van der Waals surface area contributed by atoms with Crippen LogP contribution in [0.4, 0.5) is 5.69 Å². The Hall–Kier alpha value is -1.11. The maximum absolute atomic E-state index is 12.0. The highest BCUT2D eigenvalue weighted by Gasteiger charge is 2.21. The summed E-state index contributed by atoms with van der Waals surface area (Å²) in [6, 6.07) is 7.12. The summed E-state index contributed by atoms with van der Waals surface area (Å²) in [7, 11) is -3.44. The van der Waals surface area contributed by atoms with Gasteiger partial charge in [-0.15, -0.1) is 0 Å². The second-order valence-corrected chi connectivity index (χ2v) is 5.94. The van der Waals surface area contributed by atoms with Crippen LogP contribution in [0.1, 0.15) is 13.3 Å². The summed E-state index contributed by atoms with van der Waals surface area (Å²) in [5.41, 5.74) is 0.633. The minimum Gasteiger partial charge on any atom is -0.379 e. The van der Waals surface area contributed by atoms with E-state index in [9.17, 15) is 8.42 Å². The van der Waals surface area contributed by atoms with Crippen molar-refractivity contribution >= 4 is 15.7 Å². The molecule has 2 N–H and O–H groups in total. The van der Waals surface area contributed by atoms with Crippen molar-refractivity contribution in [1.82, 2.24) is 4.72 Å². The number of hydrogen-bond acceptors (Lipinski definition) is 4. The van der Waals surface area contributed by atoms with Crippen LogP contribution in [0, 0.1) is 0 Å². The summed E-state index contributed by atoms with van der Waals surface area (Å²) in [6.45, 7) is 3.48. The SMILES string of the molecule is CCNS(=O)(=O)c1ccccc1NC1CCOC1. The Kier molecular flexibility index (Phi) is 4.21. The third kappa shape index (κ3) is 3.01. The van der Waals surface area contributed by atoms with Crippen molar-refractivity contribution in [2.75, 3.05) is 25.1 Å². The number of ether oxygens (including phenoxy) is 1. The van der Waals surface area contributed by atoms with Crippen LogP contribution < -0.4 is 10.0 Å². The zero-order valence-corrected chi connectivity index (χ0v) is 11.2. The standard InChI is InChI=1S/C12H18N2O3S/c1-2-13-18(15,16)12-6-4-3-5-11(12)14-10-7-8-17-9-10/h3-6,10,13-14H,2,7-9H2,1H3. The molecule has 0 amide bonds. The first-order valence-corrected chi connectivity index (χ1v) is 7.55. The van der Waals surface area contributed by atoms with Gasteiger partial charge in [0.05, 0.1) is 18.3 Å². The van der Waals surface area contributed by atoms with Gasteiger partial charge in [0.15, 0.2) is 0 Å². The first-order chi connectivity index (χ1) is 8.63. The van der Waals surface area contributed by atoms with E-state index in [4.69, 9.17) is 4.74 Å². The van der Waals surface area contributed by atoms with Gasteiger partial charge in [0.25, 0.3) is 0 Å². The van der Waals surface area contributed by atoms with Crippen molar-refractivity contribution in [3.8, 4) is 0 Å². The molecule has 0 spiro atoms. The molecule has 1 saturated heterocycles. The largest absolute Gasteiger partial charge is 0.379 e. The smallest absolute Gasteiger partial charge is 0.242 e. The molecule has 100 valence electrons. The minimum atomic E-state index is -3.44. The van der Waals surface area contributed by atoms with E-state index in [1.807, 2.05) is 6.07 Å². The molecule has 1 aliphatic rings. The number of sulfonamides is 1. The Labute approximate surface area is 108 Å². The van der Waals surface area contributed by atoms with Crippen molar-refractivity contribution < 1.29 is 13.2 Å². The van der Waals surface area contributed by atoms with Crippen LogP contribution in [-0.2, 0) is 14.8 Å². The van der Waals surface area contributed by atoms with E-state index in [0.29, 0.717) is 23.7 Å². The third-order valence-electron chi connectivity index (χ3n) is 2.80.